The van der Waals surface area contributed by atoms with Crippen LogP contribution in [0.25, 0.3) is 0 Å². The summed E-state index contributed by atoms with van der Waals surface area (Å²) < 4.78 is 0. The highest BCUT2D eigenvalue weighted by molar-refractivity contribution is 8.14. The highest BCUT2D eigenvalue weighted by Gasteiger charge is 2.24. The first-order valence-electron chi connectivity index (χ1n) is 8.55. The number of hydrogen-bond acceptors (Lipinski definition) is 4. The second-order valence-corrected chi connectivity index (χ2v) is 7.30. The molecule has 124 valence electrons. The molecule has 5 heteroatoms. The first-order chi connectivity index (χ1) is 11.3. The van der Waals surface area contributed by atoms with E-state index in [1.165, 1.54) is 37.9 Å². The van der Waals surface area contributed by atoms with Gasteiger partial charge in [-0.05, 0) is 31.5 Å². The van der Waals surface area contributed by atoms with Crippen LogP contribution in [-0.2, 0) is 11.2 Å². The maximum absolute atomic E-state index is 12.2. The molecule has 0 saturated carbocycles. The molecule has 2 aliphatic rings. The van der Waals surface area contributed by atoms with Crippen LogP contribution in [0.15, 0.2) is 35.3 Å². The number of carbonyl (C=O) groups excluding carboxylic acids is 1. The topological polar surface area (TPSA) is 44.7 Å². The van der Waals surface area contributed by atoms with Gasteiger partial charge < -0.3 is 10.2 Å². The van der Waals surface area contributed by atoms with Gasteiger partial charge >= 0.3 is 0 Å². The van der Waals surface area contributed by atoms with E-state index in [1.54, 1.807) is 11.8 Å². The number of aliphatic imine (C=N–C) groups is 1. The number of likely N-dealkylation sites (tertiary alicyclic amines) is 1. The van der Waals surface area contributed by atoms with Crippen molar-refractivity contribution in [2.75, 3.05) is 31.9 Å². The van der Waals surface area contributed by atoms with E-state index < -0.39 is 0 Å². The van der Waals surface area contributed by atoms with Gasteiger partial charge in [0, 0.05) is 25.3 Å². The molecule has 1 amide bonds. The van der Waals surface area contributed by atoms with Crippen LogP contribution in [0.3, 0.4) is 0 Å². The largest absolute Gasteiger partial charge is 0.353 e. The lowest BCUT2D eigenvalue weighted by molar-refractivity contribution is -0.121. The van der Waals surface area contributed by atoms with Crippen molar-refractivity contribution in [1.29, 1.82) is 0 Å². The molecule has 1 fully saturated rings. The molecule has 1 N–H and O–H groups in total. The van der Waals surface area contributed by atoms with Crippen LogP contribution in [0.2, 0.25) is 0 Å². The number of nitrogens with zero attached hydrogens (tertiary/aromatic N) is 2. The van der Waals surface area contributed by atoms with Crippen molar-refractivity contribution < 1.29 is 4.79 Å². The molecular formula is C18H25N3OS. The van der Waals surface area contributed by atoms with E-state index in [4.69, 9.17) is 0 Å². The van der Waals surface area contributed by atoms with E-state index in [0.29, 0.717) is 0 Å². The Labute approximate surface area is 142 Å². The SMILES string of the molecule is O=C(NCCN1CCCCC1)[C@@H]1CSC(Cc2ccccc2)=N1. The second kappa shape index (κ2) is 8.50. The van der Waals surface area contributed by atoms with E-state index in [-0.39, 0.29) is 11.9 Å². The van der Waals surface area contributed by atoms with Crippen LogP contribution in [0.4, 0.5) is 0 Å². The summed E-state index contributed by atoms with van der Waals surface area (Å²) in [5, 5.41) is 4.13. The van der Waals surface area contributed by atoms with Gasteiger partial charge in [0.1, 0.15) is 6.04 Å². The molecule has 1 aromatic rings. The number of carbonyl (C=O) groups is 1. The third-order valence-electron chi connectivity index (χ3n) is 4.38. The van der Waals surface area contributed by atoms with E-state index in [9.17, 15) is 4.79 Å². The number of benzene rings is 1. The maximum atomic E-state index is 12.2. The van der Waals surface area contributed by atoms with Gasteiger partial charge in [-0.1, -0.05) is 36.8 Å². The molecule has 1 saturated heterocycles. The van der Waals surface area contributed by atoms with Gasteiger partial charge in [-0.25, -0.2) is 0 Å². The molecule has 23 heavy (non-hydrogen) atoms. The Morgan fingerprint density at radius 1 is 1.22 bits per heavy atom. The maximum Gasteiger partial charge on any atom is 0.245 e. The zero-order valence-corrected chi connectivity index (χ0v) is 14.4. The van der Waals surface area contributed by atoms with Gasteiger partial charge in [0.05, 0.1) is 5.04 Å². The smallest absolute Gasteiger partial charge is 0.245 e. The summed E-state index contributed by atoms with van der Waals surface area (Å²) in [6.45, 7) is 4.05. The zero-order valence-electron chi connectivity index (χ0n) is 13.5. The van der Waals surface area contributed by atoms with Crippen LogP contribution < -0.4 is 5.32 Å². The Morgan fingerprint density at radius 2 is 2.00 bits per heavy atom. The van der Waals surface area contributed by atoms with Gasteiger partial charge in [0.25, 0.3) is 0 Å². The Hall–Kier alpha value is -1.33. The Balaban J connectivity index is 1.41. The van der Waals surface area contributed by atoms with Crippen LogP contribution in [0, 0.1) is 0 Å². The van der Waals surface area contributed by atoms with E-state index in [0.717, 1.165) is 30.3 Å². The van der Waals surface area contributed by atoms with Gasteiger partial charge in [0.2, 0.25) is 5.91 Å². The minimum Gasteiger partial charge on any atom is -0.353 e. The third kappa shape index (κ3) is 5.08. The molecule has 0 aliphatic carbocycles. The van der Waals surface area contributed by atoms with E-state index in [2.05, 4.69) is 27.3 Å². The first-order valence-corrected chi connectivity index (χ1v) is 9.53. The summed E-state index contributed by atoms with van der Waals surface area (Å²) in [6, 6.07) is 10.1. The van der Waals surface area contributed by atoms with E-state index in [1.807, 2.05) is 18.2 Å². The number of thioether (sulfide) groups is 1. The molecule has 0 spiro atoms. The summed E-state index contributed by atoms with van der Waals surface area (Å²) >= 11 is 1.71. The molecule has 4 nitrogen and oxygen atoms in total. The molecule has 2 heterocycles. The molecule has 3 rings (SSSR count). The lowest BCUT2D eigenvalue weighted by Gasteiger charge is -2.26. The predicted molar refractivity (Wildman–Crippen MR) is 97.1 cm³/mol. The third-order valence-corrected chi connectivity index (χ3v) is 5.45. The van der Waals surface area contributed by atoms with Crippen molar-refractivity contribution in [3.8, 4) is 0 Å². The summed E-state index contributed by atoms with van der Waals surface area (Å²) in [6.07, 6.45) is 4.77. The predicted octanol–water partition coefficient (Wildman–Crippen LogP) is 2.35. The fraction of sp³-hybridized carbons (Fsp3) is 0.556. The summed E-state index contributed by atoms with van der Waals surface area (Å²) in [4.78, 5) is 19.3. The average Bonchev–Trinajstić information content (AvgIpc) is 3.05. The molecule has 1 atom stereocenters. The molecule has 0 aromatic heterocycles. The number of hydrogen-bond donors (Lipinski definition) is 1. The van der Waals surface area contributed by atoms with Crippen LogP contribution in [-0.4, -0.2) is 53.8 Å². The fourth-order valence-corrected chi connectivity index (χ4v) is 4.11. The molecule has 0 bridgehead atoms. The average molecular weight is 331 g/mol. The normalized spacial score (nSPS) is 21.9. The number of rotatable bonds is 6. The van der Waals surface area contributed by atoms with Crippen molar-refractivity contribution in [2.24, 2.45) is 4.99 Å². The fourth-order valence-electron chi connectivity index (χ4n) is 3.06. The van der Waals surface area contributed by atoms with Gasteiger partial charge in [0.15, 0.2) is 0 Å². The highest BCUT2D eigenvalue weighted by atomic mass is 32.2. The molecule has 1 aromatic carbocycles. The molecular weight excluding hydrogens is 306 g/mol. The summed E-state index contributed by atoms with van der Waals surface area (Å²) in [5.74, 6) is 0.857. The Morgan fingerprint density at radius 3 is 2.78 bits per heavy atom. The van der Waals surface area contributed by atoms with Crippen molar-refractivity contribution in [3.05, 3.63) is 35.9 Å². The number of piperidine rings is 1. The quantitative estimate of drug-likeness (QED) is 0.870. The summed E-state index contributed by atoms with van der Waals surface area (Å²) in [7, 11) is 0. The zero-order chi connectivity index (χ0) is 15.9. The highest BCUT2D eigenvalue weighted by Crippen LogP contribution is 2.21. The summed E-state index contributed by atoms with van der Waals surface area (Å²) in [5.41, 5.74) is 1.25. The number of nitrogens with one attached hydrogen (secondary N) is 1. The molecule has 2 aliphatic heterocycles. The Kier molecular flexibility index (Phi) is 6.11. The molecule has 0 unspecified atom stereocenters. The van der Waals surface area contributed by atoms with Crippen molar-refractivity contribution in [3.63, 3.8) is 0 Å². The van der Waals surface area contributed by atoms with E-state index >= 15 is 0 Å². The monoisotopic (exact) mass is 331 g/mol. The van der Waals surface area contributed by atoms with Crippen LogP contribution in [0.5, 0.6) is 0 Å². The van der Waals surface area contributed by atoms with Crippen LogP contribution >= 0.6 is 11.8 Å². The lowest BCUT2D eigenvalue weighted by Crippen LogP contribution is -2.40. The van der Waals surface area contributed by atoms with Crippen molar-refractivity contribution in [2.45, 2.75) is 31.7 Å². The van der Waals surface area contributed by atoms with Crippen molar-refractivity contribution >= 4 is 22.7 Å². The van der Waals surface area contributed by atoms with Crippen LogP contribution in [0.1, 0.15) is 24.8 Å². The minimum atomic E-state index is -0.208. The van der Waals surface area contributed by atoms with Gasteiger partial charge in [-0.15, -0.1) is 11.8 Å². The number of amides is 1. The van der Waals surface area contributed by atoms with Gasteiger partial charge in [-0.2, -0.15) is 0 Å². The molecule has 0 radical (unpaired) electrons. The standard InChI is InChI=1S/C18H25N3OS/c22-18(19-9-12-21-10-5-2-6-11-21)16-14-23-17(20-16)13-15-7-3-1-4-8-15/h1,3-4,7-8,16H,2,5-6,9-14H2,(H,19,22)/t16-/m0/s1. The van der Waals surface area contributed by atoms with Gasteiger partial charge in [-0.3, -0.25) is 9.79 Å². The Bertz CT molecular complexity index is 540. The second-order valence-electron chi connectivity index (χ2n) is 6.21. The first kappa shape index (κ1) is 16.5. The minimum absolute atomic E-state index is 0.0811. The van der Waals surface area contributed by atoms with Crippen molar-refractivity contribution in [1.82, 2.24) is 10.2 Å². The lowest BCUT2D eigenvalue weighted by atomic mass is 10.1.